The van der Waals surface area contributed by atoms with Crippen LogP contribution in [0.4, 0.5) is 5.69 Å². The van der Waals surface area contributed by atoms with Gasteiger partial charge in [0.05, 0.1) is 0 Å². The van der Waals surface area contributed by atoms with Crippen LogP contribution in [0, 0.1) is 13.8 Å². The van der Waals surface area contributed by atoms with Crippen LogP contribution in [0.15, 0.2) is 18.2 Å². The van der Waals surface area contributed by atoms with Crippen molar-refractivity contribution in [3.8, 4) is 0 Å². The molecule has 0 fully saturated rings. The summed E-state index contributed by atoms with van der Waals surface area (Å²) in [7, 11) is 0. The van der Waals surface area contributed by atoms with Crippen LogP contribution in [-0.4, -0.2) is 23.4 Å². The number of hydrogen-bond acceptors (Lipinski definition) is 2. The second-order valence-electron chi connectivity index (χ2n) is 4.84. The van der Waals surface area contributed by atoms with Crippen molar-refractivity contribution >= 4 is 27.5 Å². The number of benzene rings is 1. The molecule has 0 bridgehead atoms. The average Bonchev–Trinajstić information content (AvgIpc) is 2.33. The lowest BCUT2D eigenvalue weighted by Crippen LogP contribution is -2.29. The zero-order chi connectivity index (χ0) is 14.4. The van der Waals surface area contributed by atoms with E-state index in [0.29, 0.717) is 11.4 Å². The standard InChI is InChI=1S/C15H22BrNO2/c1-10-6-5-7-11(2)14(10)17-15(18)13(4)19-9-8-12(3)16/h5-7,12-13H,8-9H2,1-4H3,(H,17,18). The highest BCUT2D eigenvalue weighted by Gasteiger charge is 2.15. The highest BCUT2D eigenvalue weighted by Crippen LogP contribution is 2.19. The molecule has 2 unspecified atom stereocenters. The summed E-state index contributed by atoms with van der Waals surface area (Å²) in [5.41, 5.74) is 3.01. The van der Waals surface area contributed by atoms with Gasteiger partial charge in [0.1, 0.15) is 6.10 Å². The van der Waals surface area contributed by atoms with Gasteiger partial charge >= 0.3 is 0 Å². The average molecular weight is 328 g/mol. The molecule has 0 heterocycles. The number of nitrogens with one attached hydrogen (secondary N) is 1. The van der Waals surface area contributed by atoms with E-state index in [1.165, 1.54) is 0 Å². The lowest BCUT2D eigenvalue weighted by atomic mass is 10.1. The lowest BCUT2D eigenvalue weighted by Gasteiger charge is -2.16. The summed E-state index contributed by atoms with van der Waals surface area (Å²) in [6.45, 7) is 8.39. The van der Waals surface area contributed by atoms with E-state index in [2.05, 4.69) is 28.2 Å². The third-order valence-corrected chi connectivity index (χ3v) is 3.44. The number of aryl methyl sites for hydroxylation is 2. The normalized spacial score (nSPS) is 13.9. The van der Waals surface area contributed by atoms with E-state index >= 15 is 0 Å². The summed E-state index contributed by atoms with van der Waals surface area (Å²) in [5, 5.41) is 2.94. The molecule has 1 N–H and O–H groups in total. The van der Waals surface area contributed by atoms with Crippen molar-refractivity contribution in [2.24, 2.45) is 0 Å². The minimum absolute atomic E-state index is 0.0976. The molecule has 0 saturated carbocycles. The Balaban J connectivity index is 2.54. The summed E-state index contributed by atoms with van der Waals surface area (Å²) < 4.78 is 5.52. The highest BCUT2D eigenvalue weighted by molar-refractivity contribution is 9.09. The van der Waals surface area contributed by atoms with Crippen molar-refractivity contribution < 1.29 is 9.53 Å². The molecule has 0 spiro atoms. The number of hydrogen-bond donors (Lipinski definition) is 1. The van der Waals surface area contributed by atoms with Gasteiger partial charge < -0.3 is 10.1 Å². The van der Waals surface area contributed by atoms with Crippen LogP contribution in [0.2, 0.25) is 0 Å². The zero-order valence-electron chi connectivity index (χ0n) is 12.0. The van der Waals surface area contributed by atoms with E-state index < -0.39 is 6.10 Å². The number of rotatable bonds is 6. The molecular formula is C15H22BrNO2. The van der Waals surface area contributed by atoms with Gasteiger partial charge in [-0.05, 0) is 38.3 Å². The summed E-state index contributed by atoms with van der Waals surface area (Å²) in [6.07, 6.45) is 0.450. The number of alkyl halides is 1. The number of carbonyl (C=O) groups is 1. The predicted molar refractivity (Wildman–Crippen MR) is 83.0 cm³/mol. The molecule has 19 heavy (non-hydrogen) atoms. The molecule has 0 aliphatic rings. The minimum Gasteiger partial charge on any atom is -0.369 e. The molecular weight excluding hydrogens is 306 g/mol. The Hall–Kier alpha value is -0.870. The van der Waals surface area contributed by atoms with E-state index in [0.717, 1.165) is 23.2 Å². The summed E-state index contributed by atoms with van der Waals surface area (Å²) >= 11 is 3.45. The Morgan fingerprint density at radius 2 is 1.89 bits per heavy atom. The molecule has 1 aromatic rings. The van der Waals surface area contributed by atoms with Crippen LogP contribution in [-0.2, 0) is 9.53 Å². The lowest BCUT2D eigenvalue weighted by molar-refractivity contribution is -0.126. The first-order chi connectivity index (χ1) is 8.91. The molecule has 1 amide bonds. The first kappa shape index (κ1) is 16.2. The van der Waals surface area contributed by atoms with Crippen molar-refractivity contribution in [2.75, 3.05) is 11.9 Å². The van der Waals surface area contributed by atoms with Gasteiger partial charge in [-0.3, -0.25) is 4.79 Å². The fraction of sp³-hybridized carbons (Fsp3) is 0.533. The van der Waals surface area contributed by atoms with Crippen LogP contribution >= 0.6 is 15.9 Å². The molecule has 1 aromatic carbocycles. The summed E-state index contributed by atoms with van der Waals surface area (Å²) in [5.74, 6) is -0.0976. The number of anilines is 1. The van der Waals surface area contributed by atoms with Gasteiger partial charge in [-0.15, -0.1) is 0 Å². The maximum atomic E-state index is 12.0. The molecule has 0 aromatic heterocycles. The quantitative estimate of drug-likeness (QED) is 0.806. The highest BCUT2D eigenvalue weighted by atomic mass is 79.9. The molecule has 0 saturated heterocycles. The van der Waals surface area contributed by atoms with Gasteiger partial charge in [0.15, 0.2) is 0 Å². The van der Waals surface area contributed by atoms with Crippen LogP contribution in [0.1, 0.15) is 31.4 Å². The number of carbonyl (C=O) groups excluding carboxylic acids is 1. The third kappa shape index (κ3) is 5.33. The SMILES string of the molecule is Cc1cccc(C)c1NC(=O)C(C)OCCC(C)Br. The first-order valence-electron chi connectivity index (χ1n) is 6.54. The summed E-state index contributed by atoms with van der Waals surface area (Å²) in [6, 6.07) is 5.96. The minimum atomic E-state index is -0.440. The van der Waals surface area contributed by atoms with Crippen molar-refractivity contribution in [2.45, 2.75) is 45.0 Å². The van der Waals surface area contributed by atoms with Crippen LogP contribution in [0.5, 0.6) is 0 Å². The molecule has 1 rings (SSSR count). The summed E-state index contributed by atoms with van der Waals surface area (Å²) in [4.78, 5) is 12.4. The molecule has 0 radical (unpaired) electrons. The number of amides is 1. The van der Waals surface area contributed by atoms with Crippen molar-refractivity contribution in [3.05, 3.63) is 29.3 Å². The fourth-order valence-electron chi connectivity index (χ4n) is 1.72. The van der Waals surface area contributed by atoms with Gasteiger partial charge in [-0.2, -0.15) is 0 Å². The van der Waals surface area contributed by atoms with Gasteiger partial charge in [0, 0.05) is 17.1 Å². The third-order valence-electron chi connectivity index (χ3n) is 2.98. The Bertz CT molecular complexity index is 412. The van der Waals surface area contributed by atoms with E-state index in [9.17, 15) is 4.79 Å². The van der Waals surface area contributed by atoms with E-state index in [1.807, 2.05) is 32.0 Å². The number of halogens is 1. The Kier molecular flexibility index (Phi) is 6.52. The molecule has 3 nitrogen and oxygen atoms in total. The van der Waals surface area contributed by atoms with Gasteiger partial charge in [-0.1, -0.05) is 41.1 Å². The van der Waals surface area contributed by atoms with Crippen molar-refractivity contribution in [1.29, 1.82) is 0 Å². The molecule has 0 aliphatic carbocycles. The van der Waals surface area contributed by atoms with Gasteiger partial charge in [0.25, 0.3) is 5.91 Å². The van der Waals surface area contributed by atoms with Crippen molar-refractivity contribution in [3.63, 3.8) is 0 Å². The van der Waals surface area contributed by atoms with Crippen LogP contribution < -0.4 is 5.32 Å². The number of para-hydroxylation sites is 1. The van der Waals surface area contributed by atoms with Gasteiger partial charge in [0.2, 0.25) is 0 Å². The monoisotopic (exact) mass is 327 g/mol. The second-order valence-corrected chi connectivity index (χ2v) is 6.40. The maximum absolute atomic E-state index is 12.0. The van der Waals surface area contributed by atoms with Crippen molar-refractivity contribution in [1.82, 2.24) is 0 Å². The smallest absolute Gasteiger partial charge is 0.253 e. The Morgan fingerprint density at radius 1 is 1.32 bits per heavy atom. The Labute approximate surface area is 123 Å². The van der Waals surface area contributed by atoms with Crippen LogP contribution in [0.3, 0.4) is 0 Å². The van der Waals surface area contributed by atoms with E-state index in [-0.39, 0.29) is 5.91 Å². The predicted octanol–water partition coefficient (Wildman–Crippen LogP) is 3.82. The van der Waals surface area contributed by atoms with E-state index in [1.54, 1.807) is 6.92 Å². The van der Waals surface area contributed by atoms with Gasteiger partial charge in [-0.25, -0.2) is 0 Å². The second kappa shape index (κ2) is 7.65. The molecule has 0 aliphatic heterocycles. The first-order valence-corrected chi connectivity index (χ1v) is 7.46. The fourth-order valence-corrected chi connectivity index (χ4v) is 1.91. The zero-order valence-corrected chi connectivity index (χ0v) is 13.6. The molecule has 4 heteroatoms. The van der Waals surface area contributed by atoms with Crippen LogP contribution in [0.25, 0.3) is 0 Å². The molecule has 106 valence electrons. The Morgan fingerprint density at radius 3 is 2.42 bits per heavy atom. The maximum Gasteiger partial charge on any atom is 0.253 e. The molecule has 2 atom stereocenters. The number of ether oxygens (including phenoxy) is 1. The van der Waals surface area contributed by atoms with E-state index in [4.69, 9.17) is 4.74 Å². The topological polar surface area (TPSA) is 38.3 Å². The largest absolute Gasteiger partial charge is 0.369 e.